The molecular formula is C85H98N4+4. The third-order valence-electron chi connectivity index (χ3n) is 18.4. The Morgan fingerprint density at radius 3 is 1.01 bits per heavy atom. The fourth-order valence-electron chi connectivity index (χ4n) is 13.1. The molecule has 12 rings (SSSR count). The Labute approximate surface area is 533 Å². The predicted molar refractivity (Wildman–Crippen MR) is 381 cm³/mol. The first kappa shape index (κ1) is 64.9. The summed E-state index contributed by atoms with van der Waals surface area (Å²) in [5.41, 5.74) is 33.4. The molecule has 0 amide bonds. The highest BCUT2D eigenvalue weighted by Crippen LogP contribution is 2.30. The highest BCUT2D eigenvalue weighted by molar-refractivity contribution is 5.82. The summed E-state index contributed by atoms with van der Waals surface area (Å²) in [6, 6.07) is 69.7. The maximum atomic E-state index is 2.35. The largest absolute Gasteiger partial charge is 0.213 e. The van der Waals surface area contributed by atoms with Gasteiger partial charge in [0.15, 0.2) is 0 Å². The molecule has 0 aliphatic rings. The van der Waals surface area contributed by atoms with Crippen LogP contribution in [0, 0.1) is 62.3 Å². The zero-order chi connectivity index (χ0) is 63.6. The normalized spacial score (nSPS) is 11.1. The molecular weight excluding hydrogens is 1080 g/mol. The number of nitrogens with zero attached hydrogens (tertiary/aromatic N) is 4. The van der Waals surface area contributed by atoms with Crippen LogP contribution < -0.4 is 18.3 Å². The van der Waals surface area contributed by atoms with Crippen molar-refractivity contribution in [3.05, 3.63) is 260 Å². The van der Waals surface area contributed by atoms with Crippen LogP contribution in [0.4, 0.5) is 0 Å². The van der Waals surface area contributed by atoms with Gasteiger partial charge in [0.1, 0.15) is 28.2 Å². The van der Waals surface area contributed by atoms with Crippen molar-refractivity contribution in [2.75, 3.05) is 0 Å². The number of aromatic nitrogens is 4. The summed E-state index contributed by atoms with van der Waals surface area (Å²) in [4.78, 5) is 0. The molecule has 0 atom stereocenters. The molecule has 4 heteroatoms. The molecule has 0 unspecified atom stereocenters. The summed E-state index contributed by atoms with van der Waals surface area (Å²) in [6.45, 7) is 28.6. The van der Waals surface area contributed by atoms with Gasteiger partial charge in [0, 0.05) is 92.3 Å². The van der Waals surface area contributed by atoms with Crippen molar-refractivity contribution in [1.29, 1.82) is 0 Å². The van der Waals surface area contributed by atoms with Crippen LogP contribution in [-0.2, 0) is 53.9 Å². The molecule has 0 N–H and O–H groups in total. The minimum absolute atomic E-state index is 1.14. The van der Waals surface area contributed by atoms with Crippen molar-refractivity contribution in [3.8, 4) is 45.0 Å². The molecule has 4 aromatic heterocycles. The van der Waals surface area contributed by atoms with Gasteiger partial charge < -0.3 is 0 Å². The molecule has 8 aromatic carbocycles. The second-order valence-corrected chi connectivity index (χ2v) is 25.3. The summed E-state index contributed by atoms with van der Waals surface area (Å²) in [6.07, 6.45) is 9.33. The topological polar surface area (TPSA) is 15.5 Å². The van der Waals surface area contributed by atoms with E-state index in [1.165, 1.54) is 187 Å². The Kier molecular flexibility index (Phi) is 21.2. The van der Waals surface area contributed by atoms with Gasteiger partial charge in [-0.05, 0) is 216 Å². The van der Waals surface area contributed by atoms with E-state index in [0.717, 1.165) is 25.7 Å². The van der Waals surface area contributed by atoms with Gasteiger partial charge in [-0.15, -0.1) is 0 Å². The SMILES string of the molecule is CCCc1ccc2c(ccc(-c3cc(C)cc(C)c3C)[n+]2C)c1.CCCc1ccc2ccc(-c3cc(C)cc(C)c3C)[n+](C)c2c1.CCCc1ccc2ccc(-c3cc(C)ccc3C)[n+](C)c2c1.CCCc1ccc2ccc(-c3ccccc3C)[n+](C)c2c1. The van der Waals surface area contributed by atoms with Crippen LogP contribution in [0.2, 0.25) is 0 Å². The van der Waals surface area contributed by atoms with Gasteiger partial charge in [-0.2, -0.15) is 18.3 Å². The second-order valence-electron chi connectivity index (χ2n) is 25.3. The number of hydrogen-bond acceptors (Lipinski definition) is 0. The average molecular weight is 1180 g/mol. The molecule has 0 aliphatic carbocycles. The number of benzene rings is 8. The fraction of sp³-hybridized carbons (Fsp3) is 0.294. The minimum atomic E-state index is 1.14. The van der Waals surface area contributed by atoms with Crippen molar-refractivity contribution >= 4 is 43.6 Å². The number of fused-ring (bicyclic) bond motifs is 4. The zero-order valence-electron chi connectivity index (χ0n) is 56.8. The molecule has 0 saturated carbocycles. The fourth-order valence-corrected chi connectivity index (χ4v) is 13.1. The smallest absolute Gasteiger partial charge is 0.194 e. The van der Waals surface area contributed by atoms with Crippen LogP contribution in [-0.4, -0.2) is 0 Å². The van der Waals surface area contributed by atoms with Crippen LogP contribution in [0.25, 0.3) is 88.6 Å². The van der Waals surface area contributed by atoms with E-state index in [9.17, 15) is 0 Å². The number of pyridine rings is 4. The summed E-state index contributed by atoms with van der Waals surface area (Å²) >= 11 is 0. The Bertz CT molecular complexity index is 4520. The molecule has 89 heavy (non-hydrogen) atoms. The molecule has 454 valence electrons. The van der Waals surface area contributed by atoms with E-state index < -0.39 is 0 Å². The van der Waals surface area contributed by atoms with E-state index in [4.69, 9.17) is 0 Å². The van der Waals surface area contributed by atoms with Crippen molar-refractivity contribution in [2.45, 2.75) is 141 Å². The lowest BCUT2D eigenvalue weighted by atomic mass is 9.96. The minimum Gasteiger partial charge on any atom is -0.194 e. The van der Waals surface area contributed by atoms with Crippen LogP contribution in [0.1, 0.15) is 126 Å². The van der Waals surface area contributed by atoms with Crippen molar-refractivity contribution < 1.29 is 18.3 Å². The monoisotopic (exact) mass is 1170 g/mol. The highest BCUT2D eigenvalue weighted by Gasteiger charge is 2.21. The number of rotatable bonds is 12. The standard InChI is InChI=1S/2C22H26N.C21H24N.C20H22N/c1-6-7-18-8-10-21-19(14-18)9-11-22(23(21)5)20-13-15(2)12-16(3)17(20)4;1-6-7-18-8-9-19-10-11-21(23(5)22(19)14-18)20-13-15(2)12-16(3)17(20)4;1-5-6-17-9-10-18-11-12-20(22(4)21(18)14-17)19-13-15(2)7-8-16(19)3;1-4-7-16-10-11-17-12-13-19(21(3)20(17)14-16)18-9-6-5-8-15(18)2/h2*8-14H,6-7H2,1-5H3;7-14H,5-6H2,1-4H3;5-6,8-14H,4,7H2,1-3H3/q4*+1. The van der Waals surface area contributed by atoms with E-state index in [1.807, 2.05) is 0 Å². The van der Waals surface area contributed by atoms with Gasteiger partial charge in [-0.3, -0.25) is 0 Å². The lowest BCUT2D eigenvalue weighted by Crippen LogP contribution is -2.32. The van der Waals surface area contributed by atoms with Gasteiger partial charge in [0.05, 0.1) is 0 Å². The Morgan fingerprint density at radius 1 is 0.247 bits per heavy atom. The third-order valence-corrected chi connectivity index (χ3v) is 18.4. The molecule has 0 radical (unpaired) electrons. The van der Waals surface area contributed by atoms with Gasteiger partial charge in [0.25, 0.3) is 0 Å². The molecule has 4 nitrogen and oxygen atoms in total. The Balaban J connectivity index is 0.000000141. The lowest BCUT2D eigenvalue weighted by molar-refractivity contribution is -0.633. The maximum Gasteiger partial charge on any atom is 0.213 e. The van der Waals surface area contributed by atoms with Gasteiger partial charge >= 0.3 is 0 Å². The van der Waals surface area contributed by atoms with Crippen molar-refractivity contribution in [2.24, 2.45) is 28.2 Å². The predicted octanol–water partition coefficient (Wildman–Crippen LogP) is 19.9. The summed E-state index contributed by atoms with van der Waals surface area (Å²) in [5.74, 6) is 0. The lowest BCUT2D eigenvalue weighted by Gasteiger charge is -2.11. The Hall–Kier alpha value is -8.60. The molecule has 4 heterocycles. The van der Waals surface area contributed by atoms with Crippen LogP contribution in [0.5, 0.6) is 0 Å². The second kappa shape index (κ2) is 29.1. The van der Waals surface area contributed by atoms with Crippen molar-refractivity contribution in [3.63, 3.8) is 0 Å². The molecule has 0 spiro atoms. The third kappa shape index (κ3) is 14.8. The van der Waals surface area contributed by atoms with Gasteiger partial charge in [-0.1, -0.05) is 137 Å². The van der Waals surface area contributed by atoms with E-state index >= 15 is 0 Å². The quantitative estimate of drug-likeness (QED) is 0.108. The molecule has 0 aliphatic heterocycles. The molecule has 0 saturated heterocycles. The Morgan fingerprint density at radius 2 is 0.584 bits per heavy atom. The van der Waals surface area contributed by atoms with E-state index in [1.54, 1.807) is 0 Å². The first-order valence-electron chi connectivity index (χ1n) is 32.8. The maximum absolute atomic E-state index is 2.35. The first-order valence-corrected chi connectivity index (χ1v) is 32.8. The summed E-state index contributed by atoms with van der Waals surface area (Å²) in [5, 5.41) is 5.23. The summed E-state index contributed by atoms with van der Waals surface area (Å²) in [7, 11) is 8.70. The zero-order valence-corrected chi connectivity index (χ0v) is 56.8. The van der Waals surface area contributed by atoms with Crippen LogP contribution >= 0.6 is 0 Å². The number of aryl methyl sites for hydroxylation is 15. The average Bonchev–Trinajstić information content (AvgIpc) is 3.29. The van der Waals surface area contributed by atoms with E-state index in [2.05, 4.69) is 325 Å². The molecule has 0 bridgehead atoms. The first-order chi connectivity index (χ1) is 42.8. The van der Waals surface area contributed by atoms with Gasteiger partial charge in [0.2, 0.25) is 44.8 Å². The highest BCUT2D eigenvalue weighted by atomic mass is 15.0. The summed E-state index contributed by atoms with van der Waals surface area (Å²) < 4.78 is 9.31. The van der Waals surface area contributed by atoms with Crippen LogP contribution in [0.3, 0.4) is 0 Å². The van der Waals surface area contributed by atoms with Crippen molar-refractivity contribution in [1.82, 2.24) is 0 Å². The van der Waals surface area contributed by atoms with Gasteiger partial charge in [-0.25, -0.2) is 0 Å². The van der Waals surface area contributed by atoms with E-state index in [-0.39, 0.29) is 0 Å². The number of hydrogen-bond donors (Lipinski definition) is 0. The molecule has 0 fully saturated rings. The van der Waals surface area contributed by atoms with E-state index in [0.29, 0.717) is 0 Å². The van der Waals surface area contributed by atoms with Crippen LogP contribution in [0.15, 0.2) is 188 Å². The molecule has 12 aromatic rings.